The average Bonchev–Trinajstić information content (AvgIpc) is 2.29. The first-order valence-corrected chi connectivity index (χ1v) is 5.17. The molecule has 1 aromatic rings. The fourth-order valence-corrected chi connectivity index (χ4v) is 1.71. The normalized spacial score (nSPS) is 18.0. The SMILES string of the molecule is c1cnc(NCC2CCNCC2)nc1. The number of anilines is 1. The molecule has 14 heavy (non-hydrogen) atoms. The molecule has 0 saturated carbocycles. The fourth-order valence-electron chi connectivity index (χ4n) is 1.71. The maximum atomic E-state index is 4.13. The van der Waals surface area contributed by atoms with E-state index in [1.54, 1.807) is 12.4 Å². The third kappa shape index (κ3) is 2.67. The molecule has 0 unspecified atom stereocenters. The van der Waals surface area contributed by atoms with Crippen molar-refractivity contribution >= 4 is 5.95 Å². The van der Waals surface area contributed by atoms with E-state index in [0.717, 1.165) is 31.5 Å². The van der Waals surface area contributed by atoms with Gasteiger partial charge in [-0.15, -0.1) is 0 Å². The van der Waals surface area contributed by atoms with Gasteiger partial charge < -0.3 is 10.6 Å². The molecule has 4 heteroatoms. The minimum absolute atomic E-state index is 0.742. The molecule has 2 N–H and O–H groups in total. The Kier molecular flexibility index (Phi) is 3.29. The number of hydrogen-bond donors (Lipinski definition) is 2. The van der Waals surface area contributed by atoms with Gasteiger partial charge in [0.05, 0.1) is 0 Å². The highest BCUT2D eigenvalue weighted by Gasteiger charge is 2.12. The van der Waals surface area contributed by atoms with Gasteiger partial charge >= 0.3 is 0 Å². The van der Waals surface area contributed by atoms with Gasteiger partial charge in [0.15, 0.2) is 0 Å². The third-order valence-electron chi connectivity index (χ3n) is 2.57. The lowest BCUT2D eigenvalue weighted by Gasteiger charge is -2.22. The largest absolute Gasteiger partial charge is 0.354 e. The zero-order valence-electron chi connectivity index (χ0n) is 8.24. The van der Waals surface area contributed by atoms with Crippen molar-refractivity contribution in [3.8, 4) is 0 Å². The molecule has 0 amide bonds. The van der Waals surface area contributed by atoms with E-state index in [1.807, 2.05) is 6.07 Å². The van der Waals surface area contributed by atoms with E-state index in [-0.39, 0.29) is 0 Å². The average molecular weight is 192 g/mol. The quantitative estimate of drug-likeness (QED) is 0.746. The smallest absolute Gasteiger partial charge is 0.222 e. The summed E-state index contributed by atoms with van der Waals surface area (Å²) >= 11 is 0. The van der Waals surface area contributed by atoms with Crippen LogP contribution in [0.2, 0.25) is 0 Å². The minimum atomic E-state index is 0.742. The van der Waals surface area contributed by atoms with Crippen molar-refractivity contribution in [3.05, 3.63) is 18.5 Å². The van der Waals surface area contributed by atoms with Crippen LogP contribution in [0.5, 0.6) is 0 Å². The first kappa shape index (κ1) is 9.40. The number of hydrogen-bond acceptors (Lipinski definition) is 4. The highest BCUT2D eigenvalue weighted by atomic mass is 15.1. The lowest BCUT2D eigenvalue weighted by atomic mass is 9.98. The fraction of sp³-hybridized carbons (Fsp3) is 0.600. The van der Waals surface area contributed by atoms with Gasteiger partial charge in [0, 0.05) is 18.9 Å². The van der Waals surface area contributed by atoms with E-state index < -0.39 is 0 Å². The van der Waals surface area contributed by atoms with Crippen LogP contribution in [-0.4, -0.2) is 29.6 Å². The van der Waals surface area contributed by atoms with Gasteiger partial charge in [0.25, 0.3) is 0 Å². The van der Waals surface area contributed by atoms with Crippen molar-refractivity contribution in [2.24, 2.45) is 5.92 Å². The van der Waals surface area contributed by atoms with Crippen molar-refractivity contribution in [1.29, 1.82) is 0 Å². The van der Waals surface area contributed by atoms with Gasteiger partial charge in [-0.05, 0) is 37.9 Å². The van der Waals surface area contributed by atoms with E-state index in [2.05, 4.69) is 20.6 Å². The second-order valence-corrected chi connectivity index (χ2v) is 3.65. The van der Waals surface area contributed by atoms with Gasteiger partial charge in [-0.1, -0.05) is 0 Å². The molecule has 0 bridgehead atoms. The van der Waals surface area contributed by atoms with Crippen LogP contribution in [-0.2, 0) is 0 Å². The molecule has 1 fully saturated rings. The first-order valence-electron chi connectivity index (χ1n) is 5.17. The molecule has 1 saturated heterocycles. The van der Waals surface area contributed by atoms with Crippen molar-refractivity contribution < 1.29 is 0 Å². The molecule has 0 atom stereocenters. The lowest BCUT2D eigenvalue weighted by Crippen LogP contribution is -2.31. The number of piperidine rings is 1. The van der Waals surface area contributed by atoms with E-state index in [1.165, 1.54) is 12.8 Å². The Labute approximate surface area is 84.2 Å². The molecular formula is C10H16N4. The molecule has 1 aliphatic rings. The summed E-state index contributed by atoms with van der Waals surface area (Å²) in [5, 5.41) is 6.62. The van der Waals surface area contributed by atoms with Gasteiger partial charge in [-0.3, -0.25) is 0 Å². The van der Waals surface area contributed by atoms with Crippen LogP contribution in [0, 0.1) is 5.92 Å². The van der Waals surface area contributed by atoms with E-state index in [0.29, 0.717) is 0 Å². The summed E-state index contributed by atoms with van der Waals surface area (Å²) in [6.45, 7) is 3.27. The van der Waals surface area contributed by atoms with Crippen molar-refractivity contribution in [1.82, 2.24) is 15.3 Å². The topological polar surface area (TPSA) is 49.8 Å². The molecule has 0 spiro atoms. The van der Waals surface area contributed by atoms with Crippen LogP contribution in [0.25, 0.3) is 0 Å². The Morgan fingerprint density at radius 3 is 2.71 bits per heavy atom. The van der Waals surface area contributed by atoms with Crippen LogP contribution in [0.4, 0.5) is 5.95 Å². The molecule has 0 radical (unpaired) electrons. The van der Waals surface area contributed by atoms with Gasteiger partial charge in [-0.25, -0.2) is 9.97 Å². The Morgan fingerprint density at radius 2 is 2.00 bits per heavy atom. The van der Waals surface area contributed by atoms with Crippen LogP contribution >= 0.6 is 0 Å². The number of nitrogens with one attached hydrogen (secondary N) is 2. The molecule has 2 rings (SSSR count). The summed E-state index contributed by atoms with van der Waals surface area (Å²) in [6.07, 6.45) is 6.02. The molecular weight excluding hydrogens is 176 g/mol. The van der Waals surface area contributed by atoms with Crippen LogP contribution < -0.4 is 10.6 Å². The predicted octanol–water partition coefficient (Wildman–Crippen LogP) is 0.888. The Morgan fingerprint density at radius 1 is 1.29 bits per heavy atom. The van der Waals surface area contributed by atoms with Crippen molar-refractivity contribution in [2.45, 2.75) is 12.8 Å². The van der Waals surface area contributed by atoms with E-state index >= 15 is 0 Å². The Hall–Kier alpha value is -1.16. The lowest BCUT2D eigenvalue weighted by molar-refractivity contribution is 0.389. The van der Waals surface area contributed by atoms with Crippen molar-refractivity contribution in [3.63, 3.8) is 0 Å². The molecule has 0 aliphatic carbocycles. The van der Waals surface area contributed by atoms with Gasteiger partial charge in [0.1, 0.15) is 0 Å². The molecule has 2 heterocycles. The summed E-state index contributed by atoms with van der Waals surface area (Å²) in [5.41, 5.74) is 0. The van der Waals surface area contributed by atoms with E-state index in [4.69, 9.17) is 0 Å². The summed E-state index contributed by atoms with van der Waals surface area (Å²) in [6, 6.07) is 1.83. The first-order chi connectivity index (χ1) is 6.95. The summed E-state index contributed by atoms with van der Waals surface area (Å²) in [5.74, 6) is 1.51. The number of rotatable bonds is 3. The molecule has 0 aromatic carbocycles. The minimum Gasteiger partial charge on any atom is -0.354 e. The zero-order valence-corrected chi connectivity index (χ0v) is 8.24. The van der Waals surface area contributed by atoms with Crippen molar-refractivity contribution in [2.75, 3.05) is 25.0 Å². The summed E-state index contributed by atoms with van der Waals surface area (Å²) in [4.78, 5) is 8.25. The van der Waals surface area contributed by atoms with Gasteiger partial charge in [0.2, 0.25) is 5.95 Å². The molecule has 4 nitrogen and oxygen atoms in total. The maximum absolute atomic E-state index is 4.13. The van der Waals surface area contributed by atoms with Gasteiger partial charge in [-0.2, -0.15) is 0 Å². The van der Waals surface area contributed by atoms with Crippen LogP contribution in [0.1, 0.15) is 12.8 Å². The molecule has 1 aromatic heterocycles. The van der Waals surface area contributed by atoms with E-state index in [9.17, 15) is 0 Å². The van der Waals surface area contributed by atoms with Crippen LogP contribution in [0.3, 0.4) is 0 Å². The maximum Gasteiger partial charge on any atom is 0.222 e. The Balaban J connectivity index is 1.76. The molecule has 1 aliphatic heterocycles. The predicted molar refractivity (Wildman–Crippen MR) is 56.1 cm³/mol. The molecule has 76 valence electrons. The Bertz CT molecular complexity index is 256. The third-order valence-corrected chi connectivity index (χ3v) is 2.57. The summed E-state index contributed by atoms with van der Waals surface area (Å²) in [7, 11) is 0. The monoisotopic (exact) mass is 192 g/mol. The summed E-state index contributed by atoms with van der Waals surface area (Å²) < 4.78 is 0. The second-order valence-electron chi connectivity index (χ2n) is 3.65. The standard InChI is InChI=1S/C10H16N4/c1-4-12-10(13-5-1)14-8-9-2-6-11-7-3-9/h1,4-5,9,11H,2-3,6-8H2,(H,12,13,14). The highest BCUT2D eigenvalue weighted by Crippen LogP contribution is 2.11. The number of aromatic nitrogens is 2. The zero-order chi connectivity index (χ0) is 9.64. The highest BCUT2D eigenvalue weighted by molar-refractivity contribution is 5.21. The number of nitrogens with zero attached hydrogens (tertiary/aromatic N) is 2. The van der Waals surface area contributed by atoms with Crippen LogP contribution in [0.15, 0.2) is 18.5 Å². The second kappa shape index (κ2) is 4.91.